The molecule has 13 nitrogen and oxygen atoms in total. The number of esters is 1. The van der Waals surface area contributed by atoms with Crippen molar-refractivity contribution in [2.75, 3.05) is 20.8 Å². The Labute approximate surface area is 435 Å². The van der Waals surface area contributed by atoms with E-state index in [0.29, 0.717) is 63.4 Å². The quantitative estimate of drug-likeness (QED) is 0.104. The number of aliphatic hydroxyl groups excluding tert-OH is 4. The summed E-state index contributed by atoms with van der Waals surface area (Å²) in [4.78, 5) is 45.1. The normalized spacial score (nSPS) is 39.9. The number of aryl methyl sites for hydroxylation is 1. The Balaban J connectivity index is 1.34. The molecule has 3 fully saturated rings. The van der Waals surface area contributed by atoms with E-state index >= 15 is 0 Å². The summed E-state index contributed by atoms with van der Waals surface area (Å²) >= 11 is 0. The largest absolute Gasteiger partial charge is 0.460 e. The fourth-order valence-corrected chi connectivity index (χ4v) is 12.4. The number of Topliss-reactive ketones (excluding diaryl/α,β-unsaturated/α-hetero) is 1. The van der Waals surface area contributed by atoms with E-state index in [4.69, 9.17) is 18.9 Å². The molecular weight excluding hydrogens is 927 g/mol. The molecule has 73 heavy (non-hydrogen) atoms. The highest BCUT2D eigenvalue weighted by Gasteiger charge is 2.53. The van der Waals surface area contributed by atoms with Crippen LogP contribution in [0.4, 0.5) is 0 Å². The molecule has 2 unspecified atom stereocenters. The molecule has 1 saturated carbocycles. The highest BCUT2D eigenvalue weighted by atomic mass is 16.6. The third-order valence-corrected chi connectivity index (χ3v) is 17.3. The number of nitrogens with zero attached hydrogens (tertiary/aromatic N) is 1. The molecular formula is C60H89NO12. The van der Waals surface area contributed by atoms with Gasteiger partial charge in [0, 0.05) is 44.9 Å². The Morgan fingerprint density at radius 3 is 2.32 bits per heavy atom. The van der Waals surface area contributed by atoms with Crippen LogP contribution in [0.25, 0.3) is 5.57 Å². The van der Waals surface area contributed by atoms with Crippen molar-refractivity contribution in [2.24, 2.45) is 41.4 Å². The van der Waals surface area contributed by atoms with Gasteiger partial charge in [-0.1, -0.05) is 101 Å². The lowest BCUT2D eigenvalue weighted by atomic mass is 9.78. The van der Waals surface area contributed by atoms with Gasteiger partial charge in [-0.05, 0) is 149 Å². The van der Waals surface area contributed by atoms with Crippen molar-refractivity contribution in [3.63, 3.8) is 0 Å². The van der Waals surface area contributed by atoms with E-state index in [-0.39, 0.29) is 55.1 Å². The number of allylic oxidation sites excluding steroid dienone is 8. The molecule has 0 aromatic heterocycles. The van der Waals surface area contributed by atoms with Gasteiger partial charge in [-0.3, -0.25) is 9.59 Å². The first-order valence-corrected chi connectivity index (χ1v) is 27.4. The minimum atomic E-state index is -2.42. The molecule has 0 radical (unpaired) electrons. The molecule has 1 aromatic rings. The lowest BCUT2D eigenvalue weighted by Gasteiger charge is -2.43. The van der Waals surface area contributed by atoms with Gasteiger partial charge in [0.25, 0.3) is 11.7 Å². The maximum absolute atomic E-state index is 14.6. The van der Waals surface area contributed by atoms with Crippen LogP contribution in [0.1, 0.15) is 142 Å². The monoisotopic (exact) mass is 1020 g/mol. The van der Waals surface area contributed by atoms with E-state index in [1.54, 1.807) is 27.0 Å². The van der Waals surface area contributed by atoms with Crippen LogP contribution in [0, 0.1) is 48.3 Å². The number of benzene rings is 1. The minimum Gasteiger partial charge on any atom is -0.460 e. The lowest BCUT2D eigenvalue weighted by Crippen LogP contribution is -2.60. The number of carbonyl (C=O) groups is 3. The number of amides is 1. The first-order valence-electron chi connectivity index (χ1n) is 27.4. The van der Waals surface area contributed by atoms with Gasteiger partial charge in [-0.25, -0.2) is 4.79 Å². The molecule has 2 bridgehead atoms. The second-order valence-corrected chi connectivity index (χ2v) is 22.8. The zero-order chi connectivity index (χ0) is 53.3. The Morgan fingerprint density at radius 1 is 0.836 bits per heavy atom. The number of methoxy groups -OCH3 is 2. The zero-order valence-electron chi connectivity index (χ0n) is 45.5. The summed E-state index contributed by atoms with van der Waals surface area (Å²) in [7, 11) is 3.06. The van der Waals surface area contributed by atoms with Gasteiger partial charge in [0.1, 0.15) is 24.4 Å². The zero-order valence-corrected chi connectivity index (χ0v) is 45.5. The molecule has 5 N–H and O–H groups in total. The molecule has 1 amide bonds. The average Bonchev–Trinajstić information content (AvgIpc) is 3.81. The number of rotatable bonds is 6. The van der Waals surface area contributed by atoms with Crippen molar-refractivity contribution in [3.8, 4) is 0 Å². The van der Waals surface area contributed by atoms with Gasteiger partial charge >= 0.3 is 5.97 Å². The maximum Gasteiger partial charge on any atom is 0.329 e. The van der Waals surface area contributed by atoms with E-state index < -0.39 is 84.1 Å². The number of piperidine rings is 1. The Bertz CT molecular complexity index is 2200. The number of hydrogen-bond acceptors (Lipinski definition) is 12. The summed E-state index contributed by atoms with van der Waals surface area (Å²) in [5, 5.41) is 58.1. The number of hydrogen-bond donors (Lipinski definition) is 5. The Hall–Kier alpha value is -3.79. The fraction of sp³-hybridized carbons (Fsp3) is 0.683. The van der Waals surface area contributed by atoms with Gasteiger partial charge < -0.3 is 49.4 Å². The van der Waals surface area contributed by atoms with E-state index in [1.165, 1.54) is 28.7 Å². The van der Waals surface area contributed by atoms with Crippen molar-refractivity contribution in [3.05, 3.63) is 88.6 Å². The highest BCUT2D eigenvalue weighted by molar-refractivity contribution is 6.39. The van der Waals surface area contributed by atoms with E-state index in [9.17, 15) is 39.9 Å². The fourth-order valence-electron chi connectivity index (χ4n) is 12.4. The van der Waals surface area contributed by atoms with Gasteiger partial charge in [0.2, 0.25) is 5.79 Å². The minimum absolute atomic E-state index is 0.0365. The summed E-state index contributed by atoms with van der Waals surface area (Å²) in [6.45, 7) is 15.6. The number of aliphatic hydroxyl groups is 5. The SMILES string of the molecule is CO[C@H]1[C@@H](O)[C@H](C)C[C@H](C)/C=C/C=C/C=C(\C)[C@@H](C2=CCc3c(C)cccc32)CC2CC[C@@H](C)[C@@](O)(O2)C(=O)C(=O)N2CCCCC2C(=O)O[C@H]([C@H](C)C[C@@H]2CC[C@@H](O)[C@H](OC)C2)C[C@H](O)[C@H](C)/C=C(\C)[C@H]1O. The van der Waals surface area contributed by atoms with Crippen molar-refractivity contribution < 1.29 is 58.9 Å². The molecule has 17 atom stereocenters. The Kier molecular flexibility index (Phi) is 21.1. The Morgan fingerprint density at radius 2 is 1.59 bits per heavy atom. The number of ether oxygens (including phenoxy) is 4. The summed E-state index contributed by atoms with van der Waals surface area (Å²) in [6, 6.07) is 5.23. The smallest absolute Gasteiger partial charge is 0.329 e. The molecule has 13 heteroatoms. The third-order valence-electron chi connectivity index (χ3n) is 17.3. The van der Waals surface area contributed by atoms with Crippen LogP contribution in [0.3, 0.4) is 0 Å². The molecule has 0 spiro atoms. The molecule has 6 rings (SSSR count). The standard InChI is InChI=1S/C60H89NO12/c1-35-17-12-11-13-18-37(3)48(47-26-25-45-36(2)19-16-20-46(45)47)33-44-24-22-42(8)60(69,73-44)57(66)58(67)61-28-15-14-21-49(61)59(68)72-52(39(5)31-43-23-27-50(62)53(32-43)70-9)34-51(63)38(4)30-41(7)55(65)56(71-10)54(64)40(6)29-35/h11-13,16-20,26,30,35,38-40,42-44,48-56,62-65,69H,14-15,21-25,27-29,31-34H2,1-10H3/b13-11+,17-12+,37-18+,41-30+/t35-,38-,39-,40-,42-,43+,44?,48+,49?,50-,51+,52+,53-,54+,55-,56+,60-/m1/s1. The van der Waals surface area contributed by atoms with E-state index in [0.717, 1.165) is 24.0 Å². The van der Waals surface area contributed by atoms with Crippen LogP contribution >= 0.6 is 0 Å². The molecule has 2 aliphatic carbocycles. The molecule has 1 aromatic carbocycles. The van der Waals surface area contributed by atoms with Gasteiger partial charge in [-0.15, -0.1) is 0 Å². The molecule has 5 aliphatic rings. The predicted octanol–water partition coefficient (Wildman–Crippen LogP) is 8.31. The van der Waals surface area contributed by atoms with Crippen LogP contribution in [0.15, 0.2) is 71.9 Å². The van der Waals surface area contributed by atoms with Gasteiger partial charge in [0.15, 0.2) is 0 Å². The average molecular weight is 1020 g/mol. The first-order chi connectivity index (χ1) is 34.7. The van der Waals surface area contributed by atoms with Crippen LogP contribution in [0.2, 0.25) is 0 Å². The summed E-state index contributed by atoms with van der Waals surface area (Å²) in [5.74, 6) is -6.80. The molecule has 406 valence electrons. The number of cyclic esters (lactones) is 1. The second kappa shape index (κ2) is 26.3. The van der Waals surface area contributed by atoms with Crippen LogP contribution in [0.5, 0.6) is 0 Å². The van der Waals surface area contributed by atoms with Crippen molar-refractivity contribution in [1.29, 1.82) is 0 Å². The maximum atomic E-state index is 14.6. The summed E-state index contributed by atoms with van der Waals surface area (Å²) < 4.78 is 24.3. The predicted molar refractivity (Wildman–Crippen MR) is 283 cm³/mol. The topological polar surface area (TPSA) is 193 Å². The van der Waals surface area contributed by atoms with Gasteiger partial charge in [0.05, 0.1) is 30.5 Å². The first kappa shape index (κ1) is 58.5. The van der Waals surface area contributed by atoms with E-state index in [1.807, 2.05) is 39.0 Å². The lowest BCUT2D eigenvalue weighted by molar-refractivity contribution is -0.264. The number of fused-ring (bicyclic) bond motifs is 4. The van der Waals surface area contributed by atoms with Crippen LogP contribution in [-0.2, 0) is 39.8 Å². The molecule has 2 saturated heterocycles. The van der Waals surface area contributed by atoms with Crippen LogP contribution < -0.4 is 0 Å². The molecule has 3 heterocycles. The third kappa shape index (κ3) is 14.2. The van der Waals surface area contributed by atoms with E-state index in [2.05, 4.69) is 57.2 Å². The highest BCUT2D eigenvalue weighted by Crippen LogP contribution is 2.44. The summed E-state index contributed by atoms with van der Waals surface area (Å²) in [6.07, 6.45) is 14.7. The van der Waals surface area contributed by atoms with Crippen LogP contribution in [-0.4, -0.2) is 130 Å². The molecule has 3 aliphatic heterocycles. The van der Waals surface area contributed by atoms with Gasteiger partial charge in [-0.2, -0.15) is 0 Å². The second-order valence-electron chi connectivity index (χ2n) is 22.8. The summed E-state index contributed by atoms with van der Waals surface area (Å²) in [5.41, 5.74) is 6.40. The number of carbonyl (C=O) groups excluding carboxylic acids is 3. The van der Waals surface area contributed by atoms with Crippen molar-refractivity contribution in [1.82, 2.24) is 4.90 Å². The number of ketones is 1. The van der Waals surface area contributed by atoms with Crippen molar-refractivity contribution >= 4 is 23.2 Å². The van der Waals surface area contributed by atoms with Crippen molar-refractivity contribution in [2.45, 2.75) is 200 Å².